The maximum Gasteiger partial charge on any atom is 0.336 e. The van der Waals surface area contributed by atoms with E-state index in [9.17, 15) is 15.4 Å². The van der Waals surface area contributed by atoms with Gasteiger partial charge >= 0.3 is 5.69 Å². The summed E-state index contributed by atoms with van der Waals surface area (Å²) in [5.41, 5.74) is 1.11. The standard InChI is InChI=1S/C20H12ClN5O3S2/c1-29-15-4-3-13-17(11(9-22)10-24-18(13)19(15)26(27)28)25-12-2-5-16(14(21)8-12)31-20-23-6-7-30-20/h2-8,10H,1H3,(H,24,25). The van der Waals surface area contributed by atoms with E-state index in [1.54, 1.807) is 18.3 Å². The highest BCUT2D eigenvalue weighted by molar-refractivity contribution is 8.01. The minimum Gasteiger partial charge on any atom is -0.490 e. The number of halogens is 1. The molecule has 2 aromatic heterocycles. The van der Waals surface area contributed by atoms with E-state index in [0.29, 0.717) is 21.8 Å². The highest BCUT2D eigenvalue weighted by Gasteiger charge is 2.23. The van der Waals surface area contributed by atoms with E-state index in [1.165, 1.54) is 42.5 Å². The lowest BCUT2D eigenvalue weighted by atomic mass is 10.1. The van der Waals surface area contributed by atoms with Crippen LogP contribution in [0.3, 0.4) is 0 Å². The lowest BCUT2D eigenvalue weighted by Gasteiger charge is -2.13. The van der Waals surface area contributed by atoms with Crippen molar-refractivity contribution in [2.75, 3.05) is 12.4 Å². The zero-order chi connectivity index (χ0) is 22.0. The highest BCUT2D eigenvalue weighted by Crippen LogP contribution is 2.40. The molecule has 0 radical (unpaired) electrons. The fourth-order valence-corrected chi connectivity index (χ4v) is 4.83. The van der Waals surface area contributed by atoms with Crippen molar-refractivity contribution in [1.29, 1.82) is 5.26 Å². The van der Waals surface area contributed by atoms with E-state index < -0.39 is 4.92 Å². The summed E-state index contributed by atoms with van der Waals surface area (Å²) in [7, 11) is 1.35. The van der Waals surface area contributed by atoms with Crippen LogP contribution in [0.5, 0.6) is 5.75 Å². The third-order valence-electron chi connectivity index (χ3n) is 4.31. The van der Waals surface area contributed by atoms with Gasteiger partial charge in [-0.05, 0) is 30.3 Å². The van der Waals surface area contributed by atoms with Crippen molar-refractivity contribution in [2.24, 2.45) is 0 Å². The summed E-state index contributed by atoms with van der Waals surface area (Å²) < 4.78 is 5.98. The fourth-order valence-electron chi connectivity index (χ4n) is 2.95. The second-order valence-electron chi connectivity index (χ2n) is 6.10. The van der Waals surface area contributed by atoms with Crippen molar-refractivity contribution in [3.05, 3.63) is 68.8 Å². The van der Waals surface area contributed by atoms with Crippen LogP contribution < -0.4 is 10.1 Å². The van der Waals surface area contributed by atoms with E-state index in [1.807, 2.05) is 17.5 Å². The Kier molecular flexibility index (Phi) is 5.90. The predicted octanol–water partition coefficient (Wildman–Crippen LogP) is 6.03. The number of ether oxygens (including phenoxy) is 1. The number of nitrogens with zero attached hydrogens (tertiary/aromatic N) is 4. The molecular weight excluding hydrogens is 458 g/mol. The van der Waals surface area contributed by atoms with Gasteiger partial charge in [-0.1, -0.05) is 23.4 Å². The normalized spacial score (nSPS) is 10.6. The Morgan fingerprint density at radius 1 is 1.32 bits per heavy atom. The molecule has 0 bridgehead atoms. The van der Waals surface area contributed by atoms with Gasteiger partial charge < -0.3 is 10.1 Å². The van der Waals surface area contributed by atoms with Crippen LogP contribution >= 0.6 is 34.7 Å². The number of thiazole rings is 1. The van der Waals surface area contributed by atoms with Gasteiger partial charge in [0.15, 0.2) is 15.6 Å². The smallest absolute Gasteiger partial charge is 0.336 e. The molecule has 8 nitrogen and oxygen atoms in total. The first-order valence-corrected chi connectivity index (χ1v) is 10.8. The molecule has 0 aliphatic heterocycles. The number of nitro groups is 1. The molecule has 154 valence electrons. The largest absolute Gasteiger partial charge is 0.490 e. The zero-order valence-electron chi connectivity index (χ0n) is 15.8. The summed E-state index contributed by atoms with van der Waals surface area (Å²) in [6, 6.07) is 10.6. The van der Waals surface area contributed by atoms with Gasteiger partial charge in [0, 0.05) is 33.7 Å². The Bertz CT molecular complexity index is 1340. The van der Waals surface area contributed by atoms with E-state index in [0.717, 1.165) is 9.24 Å². The Morgan fingerprint density at radius 3 is 2.81 bits per heavy atom. The SMILES string of the molecule is COc1ccc2c(Nc3ccc(Sc4nccs4)c(Cl)c3)c(C#N)cnc2c1[N+](=O)[O-]. The summed E-state index contributed by atoms with van der Waals surface area (Å²) in [5.74, 6) is 0.0901. The average Bonchev–Trinajstić information content (AvgIpc) is 3.28. The summed E-state index contributed by atoms with van der Waals surface area (Å²) in [6.45, 7) is 0. The van der Waals surface area contributed by atoms with E-state index in [4.69, 9.17) is 16.3 Å². The van der Waals surface area contributed by atoms with Crippen LogP contribution in [0.4, 0.5) is 17.1 Å². The van der Waals surface area contributed by atoms with Gasteiger partial charge in [-0.25, -0.2) is 9.97 Å². The number of nitriles is 1. The molecule has 4 aromatic rings. The number of aromatic nitrogens is 2. The van der Waals surface area contributed by atoms with Gasteiger partial charge in [-0.2, -0.15) is 5.26 Å². The van der Waals surface area contributed by atoms with Crippen molar-refractivity contribution in [3.63, 3.8) is 0 Å². The minimum absolute atomic E-state index is 0.0901. The molecule has 0 aliphatic rings. The molecule has 0 spiro atoms. The van der Waals surface area contributed by atoms with Crippen molar-refractivity contribution < 1.29 is 9.66 Å². The topological polar surface area (TPSA) is 114 Å². The minimum atomic E-state index is -0.550. The van der Waals surface area contributed by atoms with Crippen LogP contribution in [0.2, 0.25) is 5.02 Å². The van der Waals surface area contributed by atoms with Crippen LogP contribution in [0, 0.1) is 21.4 Å². The quantitative estimate of drug-likeness (QED) is 0.269. The number of benzene rings is 2. The number of nitrogens with one attached hydrogen (secondary N) is 1. The number of rotatable bonds is 6. The summed E-state index contributed by atoms with van der Waals surface area (Å²) in [6.07, 6.45) is 3.02. The molecule has 31 heavy (non-hydrogen) atoms. The molecule has 0 amide bonds. The molecule has 0 aliphatic carbocycles. The molecule has 0 atom stereocenters. The van der Waals surface area contributed by atoms with Crippen molar-refractivity contribution >= 4 is 62.7 Å². The molecule has 2 heterocycles. The number of methoxy groups -OCH3 is 1. The lowest BCUT2D eigenvalue weighted by Crippen LogP contribution is -2.01. The molecule has 0 fully saturated rings. The van der Waals surface area contributed by atoms with Crippen LogP contribution in [-0.4, -0.2) is 22.0 Å². The molecule has 11 heteroatoms. The first-order valence-electron chi connectivity index (χ1n) is 8.70. The van der Waals surface area contributed by atoms with Gasteiger partial charge in [0.25, 0.3) is 0 Å². The van der Waals surface area contributed by atoms with E-state index in [-0.39, 0.29) is 22.5 Å². The maximum atomic E-state index is 11.6. The Hall–Kier alpha value is -3.39. The summed E-state index contributed by atoms with van der Waals surface area (Å²) in [5, 5.41) is 27.1. The lowest BCUT2D eigenvalue weighted by molar-refractivity contribution is -0.384. The van der Waals surface area contributed by atoms with Gasteiger partial charge in [0.05, 0.1) is 28.3 Å². The number of nitro benzene ring substituents is 1. The molecule has 1 N–H and O–H groups in total. The van der Waals surface area contributed by atoms with Gasteiger partial charge in [-0.15, -0.1) is 11.3 Å². The Morgan fingerprint density at radius 2 is 2.16 bits per heavy atom. The van der Waals surface area contributed by atoms with Crippen LogP contribution in [0.25, 0.3) is 10.9 Å². The molecule has 0 saturated carbocycles. The Balaban J connectivity index is 1.77. The maximum absolute atomic E-state index is 11.6. The van der Waals surface area contributed by atoms with Crippen LogP contribution in [0.1, 0.15) is 5.56 Å². The van der Waals surface area contributed by atoms with Crippen molar-refractivity contribution in [2.45, 2.75) is 9.24 Å². The first-order chi connectivity index (χ1) is 15.0. The fraction of sp³-hybridized carbons (Fsp3) is 0.0500. The monoisotopic (exact) mass is 469 g/mol. The third kappa shape index (κ3) is 4.11. The molecule has 0 unspecified atom stereocenters. The average molecular weight is 470 g/mol. The molecule has 0 saturated heterocycles. The number of hydrogen-bond acceptors (Lipinski definition) is 9. The second-order valence-corrected chi connectivity index (χ2v) is 8.69. The first kappa shape index (κ1) is 20.9. The van der Waals surface area contributed by atoms with Crippen molar-refractivity contribution in [1.82, 2.24) is 9.97 Å². The van der Waals surface area contributed by atoms with E-state index >= 15 is 0 Å². The third-order valence-corrected chi connectivity index (χ3v) is 6.69. The number of hydrogen-bond donors (Lipinski definition) is 1. The number of fused-ring (bicyclic) bond motifs is 1. The molecule has 2 aromatic carbocycles. The highest BCUT2D eigenvalue weighted by atomic mass is 35.5. The predicted molar refractivity (Wildman–Crippen MR) is 121 cm³/mol. The van der Waals surface area contributed by atoms with Gasteiger partial charge in [-0.3, -0.25) is 10.1 Å². The zero-order valence-corrected chi connectivity index (χ0v) is 18.2. The summed E-state index contributed by atoms with van der Waals surface area (Å²) >= 11 is 9.41. The van der Waals surface area contributed by atoms with Crippen LogP contribution in [-0.2, 0) is 0 Å². The van der Waals surface area contributed by atoms with Gasteiger partial charge in [0.2, 0.25) is 0 Å². The number of anilines is 2. The Labute approximate surface area is 189 Å². The molecule has 4 rings (SSSR count). The van der Waals surface area contributed by atoms with E-state index in [2.05, 4.69) is 21.4 Å². The van der Waals surface area contributed by atoms with Gasteiger partial charge in [0.1, 0.15) is 6.07 Å². The molecular formula is C20H12ClN5O3S2. The van der Waals surface area contributed by atoms with Crippen molar-refractivity contribution in [3.8, 4) is 11.8 Å². The van der Waals surface area contributed by atoms with Crippen LogP contribution in [0.15, 0.2) is 57.3 Å². The second kappa shape index (κ2) is 8.77. The number of pyridine rings is 1. The summed E-state index contributed by atoms with van der Waals surface area (Å²) in [4.78, 5) is 20.3.